The molecule has 11 heteroatoms. The van der Waals surface area contributed by atoms with Crippen molar-refractivity contribution >= 4 is 19.8 Å². The van der Waals surface area contributed by atoms with Crippen LogP contribution >= 0.6 is 7.82 Å². The molecule has 1 atom stereocenters. The summed E-state index contributed by atoms with van der Waals surface area (Å²) in [5.74, 6) is 1.75. The summed E-state index contributed by atoms with van der Waals surface area (Å²) < 4.78 is 26.8. The van der Waals surface area contributed by atoms with Gasteiger partial charge >= 0.3 is 6.09 Å². The van der Waals surface area contributed by atoms with Crippen LogP contribution in [0.25, 0.3) is 0 Å². The van der Waals surface area contributed by atoms with Gasteiger partial charge in [-0.15, -0.1) is 6.42 Å². The average molecular weight is 421 g/mol. The van der Waals surface area contributed by atoms with Crippen molar-refractivity contribution in [2.24, 2.45) is 0 Å². The van der Waals surface area contributed by atoms with E-state index in [4.69, 9.17) is 15.7 Å². The van der Waals surface area contributed by atoms with E-state index in [0.29, 0.717) is 11.0 Å². The zero-order chi connectivity index (χ0) is 22.0. The first-order valence-corrected chi connectivity index (χ1v) is 10.2. The van der Waals surface area contributed by atoms with E-state index in [9.17, 15) is 19.0 Å². The lowest BCUT2D eigenvalue weighted by molar-refractivity contribution is -0.870. The molecule has 0 aromatic rings. The zero-order valence-electron chi connectivity index (χ0n) is 17.5. The second-order valence-corrected chi connectivity index (χ2v) is 9.43. The largest absolute Gasteiger partial charge is 0.756 e. The molecule has 0 fully saturated rings. The van der Waals surface area contributed by atoms with E-state index in [1.54, 1.807) is 20.8 Å². The third-order valence-electron chi connectivity index (χ3n) is 2.95. The number of nitrogens with one attached hydrogen (secondary N) is 1. The Labute approximate surface area is 167 Å². The predicted molar refractivity (Wildman–Crippen MR) is 102 cm³/mol. The maximum Gasteiger partial charge on any atom is 0.411 e. The fraction of sp³-hybridized carbons (Fsp3) is 0.765. The van der Waals surface area contributed by atoms with Crippen molar-refractivity contribution in [3.63, 3.8) is 0 Å². The van der Waals surface area contributed by atoms with Crippen LogP contribution in [0.2, 0.25) is 0 Å². The Morgan fingerprint density at radius 3 is 2.29 bits per heavy atom. The normalized spacial score (nSPS) is 13.9. The molecule has 0 saturated carbocycles. The van der Waals surface area contributed by atoms with Gasteiger partial charge in [0.1, 0.15) is 25.3 Å². The molecule has 0 heterocycles. The molecule has 162 valence electrons. The summed E-state index contributed by atoms with van der Waals surface area (Å²) in [5.41, 5.74) is -0.727. The van der Waals surface area contributed by atoms with Crippen LogP contribution in [-0.4, -0.2) is 87.5 Å². The fourth-order valence-electron chi connectivity index (χ4n) is 1.66. The van der Waals surface area contributed by atoms with Crippen LogP contribution in [-0.2, 0) is 23.1 Å². The number of ether oxygens (including phenoxy) is 1. The number of nitrogens with zero attached hydrogens (tertiary/aromatic N) is 2. The number of amides is 2. The van der Waals surface area contributed by atoms with E-state index in [2.05, 4.69) is 15.8 Å². The Balaban J connectivity index is 4.30. The van der Waals surface area contributed by atoms with Crippen molar-refractivity contribution in [3.05, 3.63) is 0 Å². The van der Waals surface area contributed by atoms with Crippen LogP contribution in [0.3, 0.4) is 0 Å². The van der Waals surface area contributed by atoms with Crippen molar-refractivity contribution in [1.82, 2.24) is 10.2 Å². The Bertz CT molecular complexity index is 605. The number of phosphoric ester groups is 1. The monoisotopic (exact) mass is 421 g/mol. The van der Waals surface area contributed by atoms with E-state index in [-0.39, 0.29) is 32.8 Å². The summed E-state index contributed by atoms with van der Waals surface area (Å²) in [7, 11) is 1.26. The van der Waals surface area contributed by atoms with Crippen molar-refractivity contribution in [2.45, 2.75) is 26.4 Å². The third-order valence-corrected chi connectivity index (χ3v) is 3.95. The molecule has 0 radical (unpaired) electrons. The fourth-order valence-corrected chi connectivity index (χ4v) is 2.36. The number of carbonyl (C=O) groups excluding carboxylic acids is 2. The molecule has 0 aliphatic carbocycles. The molecule has 0 rings (SSSR count). The maximum atomic E-state index is 12.0. The standard InChI is InChI=1S/C17H32N3O7P/c1-8-10-19(16(22)27-17(2,3)4)14-15(21)18-9-12-25-28(23,24)26-13-11-20(5,6)7/h1H,9-14H2,2-7H3,(H-,18,21,23,24). The van der Waals surface area contributed by atoms with E-state index in [1.165, 1.54) is 0 Å². The van der Waals surface area contributed by atoms with E-state index in [1.807, 2.05) is 21.1 Å². The summed E-state index contributed by atoms with van der Waals surface area (Å²) in [4.78, 5) is 36.6. The molecule has 10 nitrogen and oxygen atoms in total. The Morgan fingerprint density at radius 1 is 1.21 bits per heavy atom. The maximum absolute atomic E-state index is 12.0. The molecular formula is C17H32N3O7P. The van der Waals surface area contributed by atoms with Crippen LogP contribution in [0.5, 0.6) is 0 Å². The lowest BCUT2D eigenvalue weighted by Gasteiger charge is -2.27. The van der Waals surface area contributed by atoms with Gasteiger partial charge in [-0.1, -0.05) is 5.92 Å². The molecular weight excluding hydrogens is 389 g/mol. The van der Waals surface area contributed by atoms with Crippen LogP contribution < -0.4 is 10.2 Å². The number of phosphoric acid groups is 1. The highest BCUT2D eigenvalue weighted by Crippen LogP contribution is 2.37. The highest BCUT2D eigenvalue weighted by Gasteiger charge is 2.23. The average Bonchev–Trinajstić information content (AvgIpc) is 2.48. The molecule has 0 spiro atoms. The molecule has 0 aliphatic rings. The molecule has 0 saturated heterocycles. The van der Waals surface area contributed by atoms with Gasteiger partial charge in [-0.25, -0.2) is 4.79 Å². The second-order valence-electron chi connectivity index (χ2n) is 8.02. The number of likely N-dealkylation sites (N-methyl/N-ethyl adjacent to an activating group) is 1. The molecule has 0 aliphatic heterocycles. The van der Waals surface area contributed by atoms with E-state index >= 15 is 0 Å². The SMILES string of the molecule is C#CCN(CC(=O)NCCOP(=O)([O-])OCC[N+](C)(C)C)C(=O)OC(C)(C)C. The smallest absolute Gasteiger partial charge is 0.411 e. The zero-order valence-corrected chi connectivity index (χ0v) is 18.4. The Hall–Kier alpha value is -1.63. The second kappa shape index (κ2) is 11.4. The van der Waals surface area contributed by atoms with Gasteiger partial charge < -0.3 is 28.5 Å². The summed E-state index contributed by atoms with van der Waals surface area (Å²) in [6.07, 6.45) is 4.49. The third kappa shape index (κ3) is 14.4. The quantitative estimate of drug-likeness (QED) is 0.219. The van der Waals surface area contributed by atoms with Gasteiger partial charge in [0.25, 0.3) is 7.82 Å². The van der Waals surface area contributed by atoms with Crippen LogP contribution in [0, 0.1) is 12.3 Å². The number of carbonyl (C=O) groups is 2. The van der Waals surface area contributed by atoms with Crippen molar-refractivity contribution in [3.8, 4) is 12.3 Å². The lowest BCUT2D eigenvalue weighted by Crippen LogP contribution is -2.44. The Morgan fingerprint density at radius 2 is 1.79 bits per heavy atom. The summed E-state index contributed by atoms with van der Waals surface area (Å²) in [5, 5.41) is 2.44. The molecule has 0 bridgehead atoms. The summed E-state index contributed by atoms with van der Waals surface area (Å²) in [6.45, 7) is 4.76. The van der Waals surface area contributed by atoms with Crippen molar-refractivity contribution in [2.75, 3.05) is 60.5 Å². The molecule has 1 unspecified atom stereocenters. The first-order valence-electron chi connectivity index (χ1n) is 8.74. The van der Waals surface area contributed by atoms with Gasteiger partial charge in [0.05, 0.1) is 34.3 Å². The van der Waals surface area contributed by atoms with Crippen LogP contribution in [0.15, 0.2) is 0 Å². The van der Waals surface area contributed by atoms with E-state index < -0.39 is 25.4 Å². The van der Waals surface area contributed by atoms with Gasteiger partial charge in [-0.3, -0.25) is 14.3 Å². The molecule has 28 heavy (non-hydrogen) atoms. The predicted octanol–water partition coefficient (Wildman–Crippen LogP) is 0.181. The summed E-state index contributed by atoms with van der Waals surface area (Å²) in [6, 6.07) is 0. The van der Waals surface area contributed by atoms with E-state index in [0.717, 1.165) is 4.90 Å². The van der Waals surface area contributed by atoms with Gasteiger partial charge in [0.15, 0.2) is 0 Å². The Kier molecular flexibility index (Phi) is 10.7. The minimum atomic E-state index is -4.44. The van der Waals surface area contributed by atoms with Gasteiger partial charge in [-0.2, -0.15) is 0 Å². The molecule has 2 amide bonds. The molecule has 0 aromatic carbocycles. The molecule has 1 N–H and O–H groups in total. The number of quaternary nitrogens is 1. The first-order chi connectivity index (χ1) is 12.7. The lowest BCUT2D eigenvalue weighted by atomic mass is 10.2. The first kappa shape index (κ1) is 26.4. The van der Waals surface area contributed by atoms with Gasteiger partial charge in [0, 0.05) is 6.54 Å². The van der Waals surface area contributed by atoms with Crippen molar-refractivity contribution < 1.29 is 37.3 Å². The highest BCUT2D eigenvalue weighted by atomic mass is 31.2. The van der Waals surface area contributed by atoms with Crippen LogP contribution in [0.1, 0.15) is 20.8 Å². The summed E-state index contributed by atoms with van der Waals surface area (Å²) >= 11 is 0. The number of rotatable bonds is 11. The number of hydrogen-bond donors (Lipinski definition) is 1. The van der Waals surface area contributed by atoms with Gasteiger partial charge in [0.2, 0.25) is 5.91 Å². The topological polar surface area (TPSA) is 117 Å². The van der Waals surface area contributed by atoms with Crippen LogP contribution in [0.4, 0.5) is 4.79 Å². The highest BCUT2D eigenvalue weighted by molar-refractivity contribution is 7.45. The minimum Gasteiger partial charge on any atom is -0.756 e. The van der Waals surface area contributed by atoms with Crippen molar-refractivity contribution in [1.29, 1.82) is 0 Å². The number of terminal acetylenes is 1. The van der Waals surface area contributed by atoms with Gasteiger partial charge in [-0.05, 0) is 20.8 Å². The molecule has 0 aromatic heterocycles. The number of hydrogen-bond acceptors (Lipinski definition) is 7. The minimum absolute atomic E-state index is 0.00637.